The minimum absolute atomic E-state index is 0.185. The van der Waals surface area contributed by atoms with Crippen LogP contribution in [0, 0.1) is 0 Å². The summed E-state index contributed by atoms with van der Waals surface area (Å²) in [7, 11) is 0. The number of pyridine rings is 1. The Morgan fingerprint density at radius 3 is 2.55 bits per heavy atom. The lowest BCUT2D eigenvalue weighted by Gasteiger charge is -2.07. The van der Waals surface area contributed by atoms with Gasteiger partial charge >= 0.3 is 0 Å². The number of anilines is 2. The number of nitrogens with two attached hydrogens (primary N) is 1. The lowest BCUT2D eigenvalue weighted by atomic mass is 10.2. The van der Waals surface area contributed by atoms with Crippen molar-refractivity contribution in [3.05, 3.63) is 54.0 Å². The minimum Gasteiger partial charge on any atom is -0.399 e. The molecule has 3 aromatic rings. The van der Waals surface area contributed by atoms with E-state index in [2.05, 4.69) is 15.5 Å². The van der Waals surface area contributed by atoms with Crippen LogP contribution in [0.2, 0.25) is 0 Å². The van der Waals surface area contributed by atoms with Crippen molar-refractivity contribution >= 4 is 22.9 Å². The monoisotopic (exact) mass is 295 g/mol. The summed E-state index contributed by atoms with van der Waals surface area (Å²) in [5.41, 5.74) is 8.27. The van der Waals surface area contributed by atoms with Gasteiger partial charge in [0.1, 0.15) is 5.82 Å². The highest BCUT2D eigenvalue weighted by Gasteiger charge is 2.12. The van der Waals surface area contributed by atoms with Crippen molar-refractivity contribution in [1.82, 2.24) is 14.6 Å². The Hall–Kier alpha value is -2.89. The molecule has 0 unspecified atom stereocenters. The normalized spacial score (nSPS) is 11.0. The van der Waals surface area contributed by atoms with E-state index < -0.39 is 0 Å². The number of hydrogen-bond donors (Lipinski definition) is 2. The smallest absolute Gasteiger partial charge is 0.257 e. The maximum atomic E-state index is 12.3. The van der Waals surface area contributed by atoms with Gasteiger partial charge in [-0.25, -0.2) is 0 Å². The van der Waals surface area contributed by atoms with Gasteiger partial charge in [-0.1, -0.05) is 13.8 Å². The number of nitrogens with zero attached hydrogens (tertiary/aromatic N) is 3. The van der Waals surface area contributed by atoms with Gasteiger partial charge in [-0.3, -0.25) is 9.20 Å². The van der Waals surface area contributed by atoms with Crippen molar-refractivity contribution in [2.45, 2.75) is 19.8 Å². The first-order chi connectivity index (χ1) is 10.5. The first-order valence-corrected chi connectivity index (χ1v) is 7.06. The quantitative estimate of drug-likeness (QED) is 0.727. The summed E-state index contributed by atoms with van der Waals surface area (Å²) in [6.45, 7) is 4.08. The highest BCUT2D eigenvalue weighted by atomic mass is 16.1. The van der Waals surface area contributed by atoms with Gasteiger partial charge in [-0.05, 0) is 36.4 Å². The summed E-state index contributed by atoms with van der Waals surface area (Å²) < 4.78 is 1.85. The van der Waals surface area contributed by atoms with Gasteiger partial charge in [-0.15, -0.1) is 10.2 Å². The summed E-state index contributed by atoms with van der Waals surface area (Å²) in [5, 5.41) is 11.1. The number of nitrogens with one attached hydrogen (secondary N) is 1. The molecule has 1 amide bonds. The van der Waals surface area contributed by atoms with E-state index in [9.17, 15) is 4.79 Å². The standard InChI is InChI=1S/C16H17N5O/c1-10(2)15-20-19-14-8-3-11(9-21(14)15)16(22)18-13-6-4-12(17)5-7-13/h3-10H,17H2,1-2H3,(H,18,22). The van der Waals surface area contributed by atoms with Gasteiger partial charge in [0, 0.05) is 23.5 Å². The Bertz CT molecular complexity index is 820. The van der Waals surface area contributed by atoms with Gasteiger partial charge in [0.2, 0.25) is 0 Å². The molecule has 0 saturated heterocycles. The van der Waals surface area contributed by atoms with Crippen LogP contribution in [-0.2, 0) is 0 Å². The molecule has 22 heavy (non-hydrogen) atoms. The molecule has 6 nitrogen and oxygen atoms in total. The van der Waals surface area contributed by atoms with Gasteiger partial charge in [0.15, 0.2) is 5.65 Å². The zero-order chi connectivity index (χ0) is 15.7. The molecule has 3 N–H and O–H groups in total. The summed E-state index contributed by atoms with van der Waals surface area (Å²) in [5.74, 6) is 0.873. The second kappa shape index (κ2) is 5.48. The highest BCUT2D eigenvalue weighted by Crippen LogP contribution is 2.16. The maximum absolute atomic E-state index is 12.3. The molecule has 2 heterocycles. The van der Waals surface area contributed by atoms with Crippen molar-refractivity contribution in [2.24, 2.45) is 0 Å². The molecule has 6 heteroatoms. The Kier molecular flexibility index (Phi) is 3.50. The molecule has 0 bridgehead atoms. The number of benzene rings is 1. The Labute approximate surface area is 128 Å². The third-order valence-electron chi connectivity index (χ3n) is 3.38. The van der Waals surface area contributed by atoms with Gasteiger partial charge in [0.25, 0.3) is 5.91 Å². The lowest BCUT2D eigenvalue weighted by Crippen LogP contribution is -2.13. The second-order valence-corrected chi connectivity index (χ2v) is 5.44. The Balaban J connectivity index is 1.90. The Morgan fingerprint density at radius 2 is 1.86 bits per heavy atom. The second-order valence-electron chi connectivity index (χ2n) is 5.44. The molecule has 0 aliphatic heterocycles. The number of rotatable bonds is 3. The Morgan fingerprint density at radius 1 is 1.14 bits per heavy atom. The van der Waals surface area contributed by atoms with E-state index in [1.807, 2.05) is 18.2 Å². The largest absolute Gasteiger partial charge is 0.399 e. The molecule has 2 aromatic heterocycles. The predicted octanol–water partition coefficient (Wildman–Crippen LogP) is 2.69. The SMILES string of the molecule is CC(C)c1nnc2ccc(C(=O)Nc3ccc(N)cc3)cn12. The molecule has 112 valence electrons. The van der Waals surface area contributed by atoms with Crippen LogP contribution in [-0.4, -0.2) is 20.5 Å². The molecule has 0 saturated carbocycles. The van der Waals surface area contributed by atoms with Crippen molar-refractivity contribution in [3.8, 4) is 0 Å². The fourth-order valence-corrected chi connectivity index (χ4v) is 2.21. The lowest BCUT2D eigenvalue weighted by molar-refractivity contribution is 0.102. The molecule has 0 aliphatic rings. The first kappa shape index (κ1) is 14.1. The number of fused-ring (bicyclic) bond motifs is 1. The van der Waals surface area contributed by atoms with Gasteiger partial charge in [-0.2, -0.15) is 0 Å². The number of carbonyl (C=O) groups excluding carboxylic acids is 1. The average Bonchev–Trinajstić information content (AvgIpc) is 2.92. The van der Waals surface area contributed by atoms with Crippen LogP contribution >= 0.6 is 0 Å². The van der Waals surface area contributed by atoms with E-state index in [-0.39, 0.29) is 11.8 Å². The fourth-order valence-electron chi connectivity index (χ4n) is 2.21. The number of aromatic nitrogens is 3. The molecular formula is C16H17N5O. The summed E-state index contributed by atoms with van der Waals surface area (Å²) >= 11 is 0. The van der Waals surface area contributed by atoms with Crippen molar-refractivity contribution in [2.75, 3.05) is 11.1 Å². The number of hydrogen-bond acceptors (Lipinski definition) is 4. The zero-order valence-corrected chi connectivity index (χ0v) is 12.4. The topological polar surface area (TPSA) is 85.3 Å². The van der Waals surface area contributed by atoms with E-state index in [0.29, 0.717) is 16.9 Å². The maximum Gasteiger partial charge on any atom is 0.257 e. The number of nitrogen functional groups attached to an aromatic ring is 1. The predicted molar refractivity (Wildman–Crippen MR) is 85.9 cm³/mol. The number of amides is 1. The van der Waals surface area contributed by atoms with Crippen LogP contribution in [0.3, 0.4) is 0 Å². The fraction of sp³-hybridized carbons (Fsp3) is 0.188. The average molecular weight is 295 g/mol. The van der Waals surface area contributed by atoms with E-state index in [1.165, 1.54) is 0 Å². The van der Waals surface area contributed by atoms with Crippen molar-refractivity contribution in [1.29, 1.82) is 0 Å². The molecule has 0 atom stereocenters. The first-order valence-electron chi connectivity index (χ1n) is 7.06. The zero-order valence-electron chi connectivity index (χ0n) is 12.4. The van der Waals surface area contributed by atoms with Crippen molar-refractivity contribution < 1.29 is 4.79 Å². The number of carbonyl (C=O) groups is 1. The van der Waals surface area contributed by atoms with Crippen LogP contribution in [0.1, 0.15) is 35.9 Å². The van der Waals surface area contributed by atoms with Gasteiger partial charge < -0.3 is 11.1 Å². The van der Waals surface area contributed by atoms with Crippen LogP contribution < -0.4 is 11.1 Å². The van der Waals surface area contributed by atoms with Crippen LogP contribution in [0.5, 0.6) is 0 Å². The summed E-state index contributed by atoms with van der Waals surface area (Å²) in [6, 6.07) is 10.6. The third kappa shape index (κ3) is 2.63. The molecule has 3 rings (SSSR count). The molecule has 1 aromatic carbocycles. The summed E-state index contributed by atoms with van der Waals surface area (Å²) in [6.07, 6.45) is 1.76. The molecule has 0 fully saturated rings. The van der Waals surface area contributed by atoms with E-state index in [0.717, 1.165) is 11.5 Å². The van der Waals surface area contributed by atoms with E-state index in [4.69, 9.17) is 5.73 Å². The van der Waals surface area contributed by atoms with Crippen LogP contribution in [0.25, 0.3) is 5.65 Å². The minimum atomic E-state index is -0.185. The third-order valence-corrected chi connectivity index (χ3v) is 3.38. The van der Waals surface area contributed by atoms with Crippen molar-refractivity contribution in [3.63, 3.8) is 0 Å². The van der Waals surface area contributed by atoms with Gasteiger partial charge in [0.05, 0.1) is 5.56 Å². The van der Waals surface area contributed by atoms with E-state index >= 15 is 0 Å². The van der Waals surface area contributed by atoms with Crippen LogP contribution in [0.15, 0.2) is 42.6 Å². The van der Waals surface area contributed by atoms with E-state index in [1.54, 1.807) is 42.6 Å². The van der Waals surface area contributed by atoms with Crippen LogP contribution in [0.4, 0.5) is 11.4 Å². The molecule has 0 aliphatic carbocycles. The summed E-state index contributed by atoms with van der Waals surface area (Å²) in [4.78, 5) is 12.3. The molecule has 0 radical (unpaired) electrons. The molecular weight excluding hydrogens is 278 g/mol. The molecule has 0 spiro atoms. The highest BCUT2D eigenvalue weighted by molar-refractivity contribution is 6.04.